The molecule has 1 N–H and O–H groups in total. The Morgan fingerprint density at radius 3 is 2.60 bits per heavy atom. The SMILES string of the molecule is CCC(CSC)NCCCC(=O)N(C)C. The van der Waals surface area contributed by atoms with E-state index in [1.54, 1.807) is 19.0 Å². The lowest BCUT2D eigenvalue weighted by Gasteiger charge is -2.16. The molecule has 1 atom stereocenters. The molecular formula is C11H24N2OS. The van der Waals surface area contributed by atoms with Gasteiger partial charge in [0.25, 0.3) is 0 Å². The molecule has 0 aromatic carbocycles. The highest BCUT2D eigenvalue weighted by Crippen LogP contribution is 2.01. The molecule has 15 heavy (non-hydrogen) atoms. The van der Waals surface area contributed by atoms with Crippen LogP contribution in [0.5, 0.6) is 0 Å². The lowest BCUT2D eigenvalue weighted by molar-refractivity contribution is -0.128. The summed E-state index contributed by atoms with van der Waals surface area (Å²) in [5.74, 6) is 1.37. The third-order valence-corrected chi connectivity index (χ3v) is 3.10. The Kier molecular flexibility index (Phi) is 8.91. The van der Waals surface area contributed by atoms with Gasteiger partial charge in [0.05, 0.1) is 0 Å². The maximum absolute atomic E-state index is 11.3. The summed E-state index contributed by atoms with van der Waals surface area (Å²) in [7, 11) is 3.61. The summed E-state index contributed by atoms with van der Waals surface area (Å²) in [4.78, 5) is 12.9. The number of hydrogen-bond acceptors (Lipinski definition) is 3. The number of amides is 1. The third-order valence-electron chi connectivity index (χ3n) is 2.36. The smallest absolute Gasteiger partial charge is 0.222 e. The molecule has 1 amide bonds. The first-order valence-corrected chi connectivity index (χ1v) is 6.93. The molecule has 0 aromatic rings. The Labute approximate surface area is 98.0 Å². The predicted octanol–water partition coefficient (Wildman–Crippen LogP) is 1.59. The van der Waals surface area contributed by atoms with Crippen molar-refractivity contribution in [3.05, 3.63) is 0 Å². The van der Waals surface area contributed by atoms with Gasteiger partial charge in [-0.1, -0.05) is 6.92 Å². The Balaban J connectivity index is 3.47. The molecule has 1 unspecified atom stereocenters. The van der Waals surface area contributed by atoms with Gasteiger partial charge in [-0.15, -0.1) is 0 Å². The first-order valence-electron chi connectivity index (χ1n) is 5.54. The summed E-state index contributed by atoms with van der Waals surface area (Å²) >= 11 is 1.87. The summed E-state index contributed by atoms with van der Waals surface area (Å²) in [5.41, 5.74) is 0. The Bertz CT molecular complexity index is 174. The van der Waals surface area contributed by atoms with Crippen molar-refractivity contribution in [2.75, 3.05) is 32.6 Å². The number of thioether (sulfide) groups is 1. The van der Waals surface area contributed by atoms with Crippen LogP contribution in [-0.4, -0.2) is 49.5 Å². The van der Waals surface area contributed by atoms with Crippen LogP contribution in [0, 0.1) is 0 Å². The van der Waals surface area contributed by atoms with E-state index in [4.69, 9.17) is 0 Å². The van der Waals surface area contributed by atoms with E-state index >= 15 is 0 Å². The molecule has 0 radical (unpaired) electrons. The quantitative estimate of drug-likeness (QED) is 0.645. The van der Waals surface area contributed by atoms with E-state index < -0.39 is 0 Å². The fraction of sp³-hybridized carbons (Fsp3) is 0.909. The monoisotopic (exact) mass is 232 g/mol. The van der Waals surface area contributed by atoms with Crippen molar-refractivity contribution < 1.29 is 4.79 Å². The molecule has 0 saturated heterocycles. The van der Waals surface area contributed by atoms with Crippen molar-refractivity contribution in [1.29, 1.82) is 0 Å². The van der Waals surface area contributed by atoms with Crippen LogP contribution in [-0.2, 0) is 4.79 Å². The lowest BCUT2D eigenvalue weighted by atomic mass is 10.2. The minimum absolute atomic E-state index is 0.217. The summed E-state index contributed by atoms with van der Waals surface area (Å²) in [5, 5.41) is 3.47. The van der Waals surface area contributed by atoms with Crippen LogP contribution in [0.3, 0.4) is 0 Å². The van der Waals surface area contributed by atoms with Gasteiger partial charge in [-0.2, -0.15) is 11.8 Å². The topological polar surface area (TPSA) is 32.3 Å². The van der Waals surface area contributed by atoms with Crippen LogP contribution in [0.2, 0.25) is 0 Å². The molecule has 0 rings (SSSR count). The van der Waals surface area contributed by atoms with Crippen LogP contribution in [0.1, 0.15) is 26.2 Å². The van der Waals surface area contributed by atoms with E-state index in [0.717, 1.165) is 25.1 Å². The van der Waals surface area contributed by atoms with Gasteiger partial charge in [0, 0.05) is 32.3 Å². The normalized spacial score (nSPS) is 12.5. The first-order chi connectivity index (χ1) is 7.11. The van der Waals surface area contributed by atoms with E-state index in [9.17, 15) is 4.79 Å². The van der Waals surface area contributed by atoms with Crippen LogP contribution < -0.4 is 5.32 Å². The standard InChI is InChI=1S/C11H24N2OS/c1-5-10(9-15-4)12-8-6-7-11(14)13(2)3/h10,12H,5-9H2,1-4H3. The minimum atomic E-state index is 0.217. The number of nitrogens with one attached hydrogen (secondary N) is 1. The summed E-state index contributed by atoms with van der Waals surface area (Å²) in [6, 6.07) is 0.592. The highest BCUT2D eigenvalue weighted by atomic mass is 32.2. The van der Waals surface area contributed by atoms with E-state index in [1.807, 2.05) is 11.8 Å². The van der Waals surface area contributed by atoms with Gasteiger partial charge < -0.3 is 10.2 Å². The van der Waals surface area contributed by atoms with E-state index in [-0.39, 0.29) is 5.91 Å². The van der Waals surface area contributed by atoms with Crippen molar-refractivity contribution in [3.63, 3.8) is 0 Å². The number of rotatable bonds is 8. The maximum atomic E-state index is 11.3. The highest BCUT2D eigenvalue weighted by Gasteiger charge is 2.06. The number of carbonyl (C=O) groups is 1. The van der Waals surface area contributed by atoms with Crippen LogP contribution in [0.25, 0.3) is 0 Å². The molecule has 0 aliphatic carbocycles. The van der Waals surface area contributed by atoms with Crippen molar-refractivity contribution in [2.24, 2.45) is 0 Å². The van der Waals surface area contributed by atoms with E-state index in [2.05, 4.69) is 18.5 Å². The van der Waals surface area contributed by atoms with Crippen LogP contribution in [0.15, 0.2) is 0 Å². The number of hydrogen-bond donors (Lipinski definition) is 1. The van der Waals surface area contributed by atoms with Crippen molar-refractivity contribution >= 4 is 17.7 Å². The van der Waals surface area contributed by atoms with Crippen molar-refractivity contribution in [2.45, 2.75) is 32.2 Å². The molecular weight excluding hydrogens is 208 g/mol. The predicted molar refractivity (Wildman–Crippen MR) is 68.4 cm³/mol. The lowest BCUT2D eigenvalue weighted by Crippen LogP contribution is -2.32. The van der Waals surface area contributed by atoms with Gasteiger partial charge in [0.1, 0.15) is 0 Å². The first kappa shape index (κ1) is 14.8. The molecule has 0 aliphatic rings. The molecule has 0 aliphatic heterocycles. The summed E-state index contributed by atoms with van der Waals surface area (Å²) < 4.78 is 0. The molecule has 0 heterocycles. The molecule has 0 fully saturated rings. The Hall–Kier alpha value is -0.220. The third kappa shape index (κ3) is 7.68. The summed E-state index contributed by atoms with van der Waals surface area (Å²) in [6.07, 6.45) is 4.86. The largest absolute Gasteiger partial charge is 0.349 e. The molecule has 4 heteroatoms. The molecule has 90 valence electrons. The molecule has 0 spiro atoms. The summed E-state index contributed by atoms with van der Waals surface area (Å²) in [6.45, 7) is 3.14. The maximum Gasteiger partial charge on any atom is 0.222 e. The van der Waals surface area contributed by atoms with Crippen molar-refractivity contribution in [1.82, 2.24) is 10.2 Å². The minimum Gasteiger partial charge on any atom is -0.349 e. The second kappa shape index (κ2) is 9.04. The highest BCUT2D eigenvalue weighted by molar-refractivity contribution is 7.98. The fourth-order valence-corrected chi connectivity index (χ4v) is 2.05. The van der Waals surface area contributed by atoms with Crippen LogP contribution in [0.4, 0.5) is 0 Å². The Morgan fingerprint density at radius 1 is 1.47 bits per heavy atom. The number of nitrogens with zero attached hydrogens (tertiary/aromatic N) is 1. The Morgan fingerprint density at radius 2 is 2.13 bits per heavy atom. The van der Waals surface area contributed by atoms with Gasteiger partial charge >= 0.3 is 0 Å². The molecule has 3 nitrogen and oxygen atoms in total. The van der Waals surface area contributed by atoms with Gasteiger partial charge in [-0.3, -0.25) is 4.79 Å². The molecule has 0 saturated carbocycles. The number of carbonyl (C=O) groups excluding carboxylic acids is 1. The average Bonchev–Trinajstić information content (AvgIpc) is 2.22. The fourth-order valence-electron chi connectivity index (χ4n) is 1.29. The van der Waals surface area contributed by atoms with E-state index in [1.165, 1.54) is 0 Å². The van der Waals surface area contributed by atoms with Gasteiger partial charge in [0.15, 0.2) is 0 Å². The van der Waals surface area contributed by atoms with Crippen LogP contribution >= 0.6 is 11.8 Å². The van der Waals surface area contributed by atoms with Gasteiger partial charge in [-0.25, -0.2) is 0 Å². The average molecular weight is 232 g/mol. The second-order valence-electron chi connectivity index (χ2n) is 3.91. The van der Waals surface area contributed by atoms with Gasteiger partial charge in [-0.05, 0) is 25.6 Å². The zero-order valence-corrected chi connectivity index (χ0v) is 11.2. The zero-order chi connectivity index (χ0) is 11.7. The molecule has 0 bridgehead atoms. The molecule has 0 aromatic heterocycles. The second-order valence-corrected chi connectivity index (χ2v) is 4.82. The van der Waals surface area contributed by atoms with Crippen molar-refractivity contribution in [3.8, 4) is 0 Å². The van der Waals surface area contributed by atoms with E-state index in [0.29, 0.717) is 12.5 Å². The van der Waals surface area contributed by atoms with Gasteiger partial charge in [0.2, 0.25) is 5.91 Å². The zero-order valence-electron chi connectivity index (χ0n) is 10.4.